The Hall–Kier alpha value is -2.53. The first-order valence-electron chi connectivity index (χ1n) is 11.0. The smallest absolute Gasteiger partial charge is 0.261 e. The van der Waals surface area contributed by atoms with E-state index >= 15 is 0 Å². The number of ether oxygens (including phenoxy) is 1. The topological polar surface area (TPSA) is 58.6 Å². The van der Waals surface area contributed by atoms with Crippen LogP contribution in [0.1, 0.15) is 50.2 Å². The number of amides is 2. The van der Waals surface area contributed by atoms with Crippen molar-refractivity contribution < 1.29 is 14.3 Å². The number of halogens is 1. The van der Waals surface area contributed by atoms with Crippen molar-refractivity contribution in [3.63, 3.8) is 0 Å². The zero-order chi connectivity index (χ0) is 22.2. The molecule has 6 heteroatoms. The van der Waals surface area contributed by atoms with Crippen molar-refractivity contribution in [2.75, 3.05) is 6.61 Å². The number of hydrogen-bond acceptors (Lipinski definition) is 3. The van der Waals surface area contributed by atoms with E-state index in [0.29, 0.717) is 17.3 Å². The molecule has 1 aliphatic carbocycles. The van der Waals surface area contributed by atoms with Crippen molar-refractivity contribution in [3.05, 3.63) is 64.7 Å². The highest BCUT2D eigenvalue weighted by atomic mass is 35.5. The van der Waals surface area contributed by atoms with Gasteiger partial charge in [0.15, 0.2) is 6.61 Å². The summed E-state index contributed by atoms with van der Waals surface area (Å²) in [4.78, 5) is 27.6. The largest absolute Gasteiger partial charge is 0.484 e. The second-order valence-electron chi connectivity index (χ2n) is 8.27. The van der Waals surface area contributed by atoms with Gasteiger partial charge in [-0.3, -0.25) is 9.59 Å². The van der Waals surface area contributed by atoms with E-state index < -0.39 is 6.04 Å². The van der Waals surface area contributed by atoms with Crippen LogP contribution in [0.25, 0.3) is 0 Å². The van der Waals surface area contributed by atoms with Gasteiger partial charge in [0.25, 0.3) is 5.91 Å². The van der Waals surface area contributed by atoms with Crippen molar-refractivity contribution in [3.8, 4) is 5.75 Å². The summed E-state index contributed by atoms with van der Waals surface area (Å²) in [5.74, 6) is 0.274. The fraction of sp³-hybridized carbons (Fsp3) is 0.440. The fourth-order valence-electron chi connectivity index (χ4n) is 3.80. The van der Waals surface area contributed by atoms with Gasteiger partial charge in [0, 0.05) is 17.6 Å². The molecule has 1 aliphatic rings. The fourth-order valence-corrected chi connectivity index (χ4v) is 3.93. The Morgan fingerprint density at radius 1 is 1.06 bits per heavy atom. The standard InChI is InChI=1S/C25H31ClN2O3/c1-18-8-14-23(15-9-18)31-17-24(29)28(16-20-10-12-21(26)13-11-20)19(2)25(30)27-22-6-4-3-5-7-22/h8-15,19,22H,3-7,16-17H2,1-2H3,(H,27,30)/t19-/m0/s1. The van der Waals surface area contributed by atoms with E-state index in [9.17, 15) is 9.59 Å². The highest BCUT2D eigenvalue weighted by Crippen LogP contribution is 2.19. The second kappa shape index (κ2) is 11.2. The Kier molecular flexibility index (Phi) is 8.35. The van der Waals surface area contributed by atoms with E-state index in [0.717, 1.165) is 36.8 Å². The molecule has 2 aromatic rings. The number of nitrogens with one attached hydrogen (secondary N) is 1. The summed E-state index contributed by atoms with van der Waals surface area (Å²) in [6, 6.07) is 14.5. The van der Waals surface area contributed by atoms with E-state index in [1.807, 2.05) is 43.3 Å². The third kappa shape index (κ3) is 7.00. The van der Waals surface area contributed by atoms with Gasteiger partial charge in [-0.05, 0) is 56.5 Å². The van der Waals surface area contributed by atoms with Crippen LogP contribution in [0.3, 0.4) is 0 Å². The van der Waals surface area contributed by atoms with Crippen LogP contribution in [0.4, 0.5) is 0 Å². The first-order valence-corrected chi connectivity index (χ1v) is 11.3. The Morgan fingerprint density at radius 3 is 2.35 bits per heavy atom. The molecule has 0 radical (unpaired) electrons. The summed E-state index contributed by atoms with van der Waals surface area (Å²) in [5.41, 5.74) is 2.03. The van der Waals surface area contributed by atoms with Crippen molar-refractivity contribution in [2.45, 2.75) is 64.6 Å². The average Bonchev–Trinajstić information content (AvgIpc) is 2.78. The predicted octanol–water partition coefficient (Wildman–Crippen LogP) is 4.89. The van der Waals surface area contributed by atoms with E-state index in [1.165, 1.54) is 6.42 Å². The molecule has 0 aromatic heterocycles. The van der Waals surface area contributed by atoms with Crippen molar-refractivity contribution in [1.82, 2.24) is 10.2 Å². The lowest BCUT2D eigenvalue weighted by Gasteiger charge is -2.31. The number of rotatable bonds is 8. The quantitative estimate of drug-likeness (QED) is 0.633. The molecule has 2 aromatic carbocycles. The Bertz CT molecular complexity index is 861. The van der Waals surface area contributed by atoms with E-state index in [-0.39, 0.29) is 24.5 Å². The van der Waals surface area contributed by atoms with Crippen LogP contribution in [0, 0.1) is 6.92 Å². The highest BCUT2D eigenvalue weighted by molar-refractivity contribution is 6.30. The van der Waals surface area contributed by atoms with Crippen LogP contribution in [-0.2, 0) is 16.1 Å². The molecule has 1 N–H and O–H groups in total. The van der Waals surface area contributed by atoms with Crippen molar-refractivity contribution >= 4 is 23.4 Å². The predicted molar refractivity (Wildman–Crippen MR) is 123 cm³/mol. The van der Waals surface area contributed by atoms with Crippen molar-refractivity contribution in [1.29, 1.82) is 0 Å². The molecule has 0 aliphatic heterocycles. The lowest BCUT2D eigenvalue weighted by Crippen LogP contribution is -2.51. The zero-order valence-corrected chi connectivity index (χ0v) is 19.0. The minimum absolute atomic E-state index is 0.121. The molecule has 1 atom stereocenters. The minimum Gasteiger partial charge on any atom is -0.484 e. The van der Waals surface area contributed by atoms with Crippen molar-refractivity contribution in [2.24, 2.45) is 0 Å². The lowest BCUT2D eigenvalue weighted by molar-refractivity contribution is -0.142. The molecule has 0 spiro atoms. The number of carbonyl (C=O) groups is 2. The summed E-state index contributed by atoms with van der Waals surface area (Å²) in [7, 11) is 0. The van der Waals surface area contributed by atoms with Gasteiger partial charge in [-0.15, -0.1) is 0 Å². The average molecular weight is 443 g/mol. The summed E-state index contributed by atoms with van der Waals surface area (Å²) in [6.07, 6.45) is 5.49. The number of carbonyl (C=O) groups excluding carboxylic acids is 2. The van der Waals surface area contributed by atoms with Crippen LogP contribution in [0.5, 0.6) is 5.75 Å². The number of hydrogen-bond donors (Lipinski definition) is 1. The molecular weight excluding hydrogens is 412 g/mol. The maximum absolute atomic E-state index is 13.1. The monoisotopic (exact) mass is 442 g/mol. The van der Waals surface area contributed by atoms with Crippen LogP contribution in [-0.4, -0.2) is 35.4 Å². The first kappa shape index (κ1) is 23.1. The summed E-state index contributed by atoms with van der Waals surface area (Å²) in [5, 5.41) is 3.77. The van der Waals surface area contributed by atoms with E-state index in [2.05, 4.69) is 5.32 Å². The van der Waals surface area contributed by atoms with E-state index in [4.69, 9.17) is 16.3 Å². The zero-order valence-electron chi connectivity index (χ0n) is 18.3. The van der Waals surface area contributed by atoms with Gasteiger partial charge in [0.05, 0.1) is 0 Å². The second-order valence-corrected chi connectivity index (χ2v) is 8.71. The van der Waals surface area contributed by atoms with Crippen LogP contribution < -0.4 is 10.1 Å². The van der Waals surface area contributed by atoms with Gasteiger partial charge in [-0.1, -0.05) is 60.7 Å². The molecule has 1 saturated carbocycles. The maximum Gasteiger partial charge on any atom is 0.261 e. The van der Waals surface area contributed by atoms with Gasteiger partial charge < -0.3 is 15.0 Å². The molecule has 31 heavy (non-hydrogen) atoms. The number of aryl methyl sites for hydroxylation is 1. The molecule has 0 bridgehead atoms. The van der Waals surface area contributed by atoms with Gasteiger partial charge in [-0.25, -0.2) is 0 Å². The molecular formula is C25H31ClN2O3. The Labute approximate surface area is 189 Å². The molecule has 0 heterocycles. The third-order valence-electron chi connectivity index (χ3n) is 5.77. The van der Waals surface area contributed by atoms with Crippen LogP contribution >= 0.6 is 11.6 Å². The normalized spacial score (nSPS) is 15.2. The molecule has 2 amide bonds. The lowest BCUT2D eigenvalue weighted by atomic mass is 9.95. The maximum atomic E-state index is 13.1. The molecule has 5 nitrogen and oxygen atoms in total. The minimum atomic E-state index is -0.605. The Morgan fingerprint density at radius 2 is 1.71 bits per heavy atom. The van der Waals surface area contributed by atoms with Gasteiger partial charge in [-0.2, -0.15) is 0 Å². The molecule has 3 rings (SSSR count). The summed E-state index contributed by atoms with van der Waals surface area (Å²) in [6.45, 7) is 3.96. The van der Waals surface area contributed by atoms with Gasteiger partial charge in [0.2, 0.25) is 5.91 Å². The van der Waals surface area contributed by atoms with Crippen LogP contribution in [0.2, 0.25) is 5.02 Å². The first-order chi connectivity index (χ1) is 14.9. The molecule has 0 saturated heterocycles. The van der Waals surface area contributed by atoms with Gasteiger partial charge >= 0.3 is 0 Å². The molecule has 0 unspecified atom stereocenters. The molecule has 1 fully saturated rings. The molecule has 166 valence electrons. The van der Waals surface area contributed by atoms with E-state index in [1.54, 1.807) is 24.0 Å². The van der Waals surface area contributed by atoms with Crippen LogP contribution in [0.15, 0.2) is 48.5 Å². The Balaban J connectivity index is 1.69. The SMILES string of the molecule is Cc1ccc(OCC(=O)N(Cc2ccc(Cl)cc2)[C@@H](C)C(=O)NC2CCCCC2)cc1. The van der Waals surface area contributed by atoms with Gasteiger partial charge in [0.1, 0.15) is 11.8 Å². The highest BCUT2D eigenvalue weighted by Gasteiger charge is 2.28. The number of benzene rings is 2. The summed E-state index contributed by atoms with van der Waals surface area (Å²) >= 11 is 6.00. The number of nitrogens with zero attached hydrogens (tertiary/aromatic N) is 1. The third-order valence-corrected chi connectivity index (χ3v) is 6.02. The summed E-state index contributed by atoms with van der Waals surface area (Å²) < 4.78 is 5.70.